The van der Waals surface area contributed by atoms with E-state index in [-0.39, 0.29) is 23.9 Å². The molecule has 0 radical (unpaired) electrons. The first kappa shape index (κ1) is 20.5. The number of rotatable bonds is 5. The number of amides is 2. The Hall–Kier alpha value is -4.06. The Bertz CT molecular complexity index is 1290. The highest BCUT2D eigenvalue weighted by molar-refractivity contribution is 6.02. The summed E-state index contributed by atoms with van der Waals surface area (Å²) in [6, 6.07) is 22.3. The van der Waals surface area contributed by atoms with Gasteiger partial charge in [0.1, 0.15) is 11.5 Å². The van der Waals surface area contributed by atoms with E-state index in [1.54, 1.807) is 0 Å². The van der Waals surface area contributed by atoms with E-state index in [0.717, 1.165) is 52.4 Å². The summed E-state index contributed by atoms with van der Waals surface area (Å²) in [6.07, 6.45) is 2.35. The Morgan fingerprint density at radius 2 is 1.71 bits per heavy atom. The molecule has 3 heterocycles. The standard InChI is InChI=1S/C28H25N3O3/c1-2-27(32)31-17-20-12-21(31)16-30(20)19-13-24(26-15-29-28(33)25(26)14-19)18-8-10-23(11-9-18)34-22-6-4-3-5-7-22/h2-11,13-14,20-21H,1,12,15-17H2,(H,29,33). The van der Waals surface area contributed by atoms with Gasteiger partial charge in [-0.3, -0.25) is 9.59 Å². The summed E-state index contributed by atoms with van der Waals surface area (Å²) in [6.45, 7) is 5.62. The highest BCUT2D eigenvalue weighted by atomic mass is 16.5. The second-order valence-corrected chi connectivity index (χ2v) is 9.03. The van der Waals surface area contributed by atoms with E-state index in [4.69, 9.17) is 4.74 Å². The minimum atomic E-state index is -0.0325. The van der Waals surface area contributed by atoms with Crippen LogP contribution in [0, 0.1) is 0 Å². The van der Waals surface area contributed by atoms with Crippen LogP contribution in [-0.4, -0.2) is 41.9 Å². The van der Waals surface area contributed by atoms with Crippen molar-refractivity contribution in [3.05, 3.63) is 90.5 Å². The van der Waals surface area contributed by atoms with Gasteiger partial charge in [0.05, 0.1) is 6.04 Å². The molecular weight excluding hydrogens is 426 g/mol. The molecule has 0 aliphatic carbocycles. The fourth-order valence-electron chi connectivity index (χ4n) is 5.43. The van der Waals surface area contributed by atoms with Crippen molar-refractivity contribution in [2.45, 2.75) is 25.0 Å². The van der Waals surface area contributed by atoms with Crippen LogP contribution in [0.1, 0.15) is 22.3 Å². The van der Waals surface area contributed by atoms with Crippen LogP contribution < -0.4 is 15.0 Å². The smallest absolute Gasteiger partial charge is 0.251 e. The molecular formula is C28H25N3O3. The average Bonchev–Trinajstić information content (AvgIpc) is 3.59. The first-order valence-electron chi connectivity index (χ1n) is 11.6. The van der Waals surface area contributed by atoms with Crippen LogP contribution in [0.5, 0.6) is 11.5 Å². The molecule has 3 aliphatic heterocycles. The third-order valence-electron chi connectivity index (χ3n) is 7.08. The molecule has 0 spiro atoms. The normalized spacial score (nSPS) is 20.3. The van der Waals surface area contributed by atoms with Crippen molar-refractivity contribution in [3.63, 3.8) is 0 Å². The number of ether oxygens (including phenoxy) is 1. The largest absolute Gasteiger partial charge is 0.457 e. The minimum absolute atomic E-state index is 0.000943. The van der Waals surface area contributed by atoms with Gasteiger partial charge < -0.3 is 19.9 Å². The molecule has 2 atom stereocenters. The first-order chi connectivity index (χ1) is 16.6. The van der Waals surface area contributed by atoms with Crippen LogP contribution in [0.4, 0.5) is 5.69 Å². The Morgan fingerprint density at radius 3 is 2.41 bits per heavy atom. The van der Waals surface area contributed by atoms with Gasteiger partial charge in [0, 0.05) is 36.9 Å². The monoisotopic (exact) mass is 451 g/mol. The molecule has 2 saturated heterocycles. The van der Waals surface area contributed by atoms with Crippen molar-refractivity contribution in [2.75, 3.05) is 18.0 Å². The van der Waals surface area contributed by atoms with E-state index in [0.29, 0.717) is 13.1 Å². The van der Waals surface area contributed by atoms with E-state index in [1.165, 1.54) is 6.08 Å². The van der Waals surface area contributed by atoms with Crippen molar-refractivity contribution in [1.82, 2.24) is 10.2 Å². The fraction of sp³-hybridized carbons (Fsp3) is 0.214. The Morgan fingerprint density at radius 1 is 0.971 bits per heavy atom. The van der Waals surface area contributed by atoms with Gasteiger partial charge in [-0.2, -0.15) is 0 Å². The summed E-state index contributed by atoms with van der Waals surface area (Å²) >= 11 is 0. The Balaban J connectivity index is 1.31. The third kappa shape index (κ3) is 3.43. The molecule has 2 fully saturated rings. The molecule has 3 aromatic rings. The lowest BCUT2D eigenvalue weighted by Gasteiger charge is -2.35. The number of anilines is 1. The van der Waals surface area contributed by atoms with Crippen LogP contribution in [0.15, 0.2) is 79.4 Å². The van der Waals surface area contributed by atoms with Crippen LogP contribution in [0.3, 0.4) is 0 Å². The third-order valence-corrected chi connectivity index (χ3v) is 7.08. The molecule has 1 N–H and O–H groups in total. The molecule has 6 nitrogen and oxygen atoms in total. The fourth-order valence-corrected chi connectivity index (χ4v) is 5.43. The van der Waals surface area contributed by atoms with Gasteiger partial charge in [-0.15, -0.1) is 0 Å². The number of nitrogens with one attached hydrogen (secondary N) is 1. The molecule has 3 aliphatic rings. The summed E-state index contributed by atoms with van der Waals surface area (Å²) in [5, 5.41) is 2.97. The lowest BCUT2D eigenvalue weighted by atomic mass is 9.95. The molecule has 2 unspecified atom stereocenters. The summed E-state index contributed by atoms with van der Waals surface area (Å²) in [5.74, 6) is 1.52. The van der Waals surface area contributed by atoms with E-state index in [2.05, 4.69) is 22.9 Å². The number of piperazine rings is 1. The molecule has 2 amide bonds. The van der Waals surface area contributed by atoms with Gasteiger partial charge in [-0.25, -0.2) is 0 Å². The number of fused-ring (bicyclic) bond motifs is 3. The second kappa shape index (κ2) is 8.06. The number of carbonyl (C=O) groups excluding carboxylic acids is 2. The van der Waals surface area contributed by atoms with Gasteiger partial charge in [-0.05, 0) is 65.6 Å². The maximum atomic E-state index is 12.6. The van der Waals surface area contributed by atoms with E-state index < -0.39 is 0 Å². The summed E-state index contributed by atoms with van der Waals surface area (Å²) in [5.41, 5.74) is 4.90. The summed E-state index contributed by atoms with van der Waals surface area (Å²) < 4.78 is 5.94. The lowest BCUT2D eigenvalue weighted by Crippen LogP contribution is -2.48. The van der Waals surface area contributed by atoms with Crippen LogP contribution in [-0.2, 0) is 11.3 Å². The van der Waals surface area contributed by atoms with Crippen molar-refractivity contribution in [3.8, 4) is 22.6 Å². The predicted octanol–water partition coefficient (Wildman–Crippen LogP) is 4.36. The summed E-state index contributed by atoms with van der Waals surface area (Å²) in [7, 11) is 0. The Labute approximate surface area is 198 Å². The number of hydrogen-bond acceptors (Lipinski definition) is 4. The number of carbonyl (C=O) groups is 2. The lowest BCUT2D eigenvalue weighted by molar-refractivity contribution is -0.127. The maximum absolute atomic E-state index is 12.6. The molecule has 3 aromatic carbocycles. The predicted molar refractivity (Wildman–Crippen MR) is 131 cm³/mol. The van der Waals surface area contributed by atoms with E-state index in [1.807, 2.05) is 65.6 Å². The number of likely N-dealkylation sites (tertiary alicyclic amines) is 1. The van der Waals surface area contributed by atoms with Gasteiger partial charge in [0.15, 0.2) is 0 Å². The van der Waals surface area contributed by atoms with Gasteiger partial charge >= 0.3 is 0 Å². The van der Waals surface area contributed by atoms with Crippen LogP contribution in [0.2, 0.25) is 0 Å². The average molecular weight is 452 g/mol. The quantitative estimate of drug-likeness (QED) is 0.586. The van der Waals surface area contributed by atoms with Crippen LogP contribution >= 0.6 is 0 Å². The number of benzene rings is 3. The first-order valence-corrected chi connectivity index (χ1v) is 11.6. The maximum Gasteiger partial charge on any atom is 0.251 e. The van der Waals surface area contributed by atoms with Gasteiger partial charge in [0.25, 0.3) is 5.91 Å². The zero-order valence-electron chi connectivity index (χ0n) is 18.7. The highest BCUT2D eigenvalue weighted by Gasteiger charge is 2.45. The Kier molecular flexibility index (Phi) is 4.87. The molecule has 170 valence electrons. The highest BCUT2D eigenvalue weighted by Crippen LogP contribution is 2.40. The number of para-hydroxylation sites is 1. The van der Waals surface area contributed by atoms with Gasteiger partial charge in [0.2, 0.25) is 5.91 Å². The zero-order valence-corrected chi connectivity index (χ0v) is 18.7. The zero-order chi connectivity index (χ0) is 23.2. The molecule has 34 heavy (non-hydrogen) atoms. The SMILES string of the molecule is C=CC(=O)N1CC2CC1CN2c1cc2c(c(-c3ccc(Oc4ccccc4)cc3)c1)CNC2=O. The molecule has 6 rings (SSSR count). The van der Waals surface area contributed by atoms with Crippen LogP contribution in [0.25, 0.3) is 11.1 Å². The van der Waals surface area contributed by atoms with Crippen molar-refractivity contribution in [1.29, 1.82) is 0 Å². The molecule has 0 saturated carbocycles. The van der Waals surface area contributed by atoms with E-state index >= 15 is 0 Å². The van der Waals surface area contributed by atoms with Crippen molar-refractivity contribution < 1.29 is 14.3 Å². The molecule has 6 heteroatoms. The van der Waals surface area contributed by atoms with E-state index in [9.17, 15) is 9.59 Å². The van der Waals surface area contributed by atoms with Crippen molar-refractivity contribution in [2.24, 2.45) is 0 Å². The van der Waals surface area contributed by atoms with Crippen molar-refractivity contribution >= 4 is 17.5 Å². The molecule has 2 bridgehead atoms. The number of nitrogens with zero attached hydrogens (tertiary/aromatic N) is 2. The second-order valence-electron chi connectivity index (χ2n) is 9.03. The van der Waals surface area contributed by atoms with Gasteiger partial charge in [-0.1, -0.05) is 36.9 Å². The topological polar surface area (TPSA) is 61.9 Å². The molecule has 0 aromatic heterocycles. The minimum Gasteiger partial charge on any atom is -0.457 e. The summed E-state index contributed by atoms with van der Waals surface area (Å²) in [4.78, 5) is 29.0. The number of hydrogen-bond donors (Lipinski definition) is 1.